The van der Waals surface area contributed by atoms with E-state index in [0.717, 1.165) is 12.1 Å². The molecule has 0 bridgehead atoms. The largest absolute Gasteiger partial charge is 0.351 e. The third kappa shape index (κ3) is 5.22. The van der Waals surface area contributed by atoms with E-state index in [4.69, 9.17) is 5.73 Å². The van der Waals surface area contributed by atoms with Crippen LogP contribution in [0.1, 0.15) is 19.4 Å². The van der Waals surface area contributed by atoms with Crippen molar-refractivity contribution < 1.29 is 9.59 Å². The molecular weight excluding hydrogens is 334 g/mol. The van der Waals surface area contributed by atoms with E-state index in [-0.39, 0.29) is 0 Å². The fourth-order valence-electron chi connectivity index (χ4n) is 1.68. The lowest BCUT2D eigenvalue weighted by Crippen LogP contribution is -2.39. The van der Waals surface area contributed by atoms with E-state index in [1.165, 1.54) is 28.7 Å². The number of hydrogen-bond acceptors (Lipinski definition) is 7. The van der Waals surface area contributed by atoms with E-state index < -0.39 is 17.2 Å². The molecule has 0 unspecified atom stereocenters. The SMILES string of the molecule is CCc1ccc(Nc2nnc(S[C@H](C)C(=O)NC(N)=O)s2)cc1. The molecule has 0 aliphatic carbocycles. The van der Waals surface area contributed by atoms with E-state index in [9.17, 15) is 9.59 Å². The second-order valence-electron chi connectivity index (χ2n) is 4.66. The summed E-state index contributed by atoms with van der Waals surface area (Å²) in [6, 6.07) is 7.20. The summed E-state index contributed by atoms with van der Waals surface area (Å²) < 4.78 is 0.629. The number of primary amides is 1. The van der Waals surface area contributed by atoms with Gasteiger partial charge in [0, 0.05) is 5.69 Å². The van der Waals surface area contributed by atoms with Crippen LogP contribution in [0.15, 0.2) is 28.6 Å². The highest BCUT2D eigenvalue weighted by Crippen LogP contribution is 2.30. The van der Waals surface area contributed by atoms with Gasteiger partial charge in [-0.25, -0.2) is 4.79 Å². The summed E-state index contributed by atoms with van der Waals surface area (Å²) in [5, 5.41) is 13.4. The summed E-state index contributed by atoms with van der Waals surface area (Å²) in [6.45, 7) is 3.77. The van der Waals surface area contributed by atoms with Crippen LogP contribution in [-0.2, 0) is 11.2 Å². The first-order valence-electron chi connectivity index (χ1n) is 6.94. The predicted molar refractivity (Wildman–Crippen MR) is 92.1 cm³/mol. The van der Waals surface area contributed by atoms with Crippen molar-refractivity contribution in [3.05, 3.63) is 29.8 Å². The van der Waals surface area contributed by atoms with Gasteiger partial charge >= 0.3 is 6.03 Å². The Labute approximate surface area is 142 Å². The molecule has 0 spiro atoms. The molecule has 0 radical (unpaired) electrons. The molecule has 0 fully saturated rings. The maximum Gasteiger partial charge on any atom is 0.318 e. The molecule has 2 rings (SSSR count). The van der Waals surface area contributed by atoms with Crippen LogP contribution in [0.3, 0.4) is 0 Å². The van der Waals surface area contributed by atoms with E-state index >= 15 is 0 Å². The van der Waals surface area contributed by atoms with E-state index in [1.54, 1.807) is 6.92 Å². The second kappa shape index (κ2) is 7.93. The third-order valence-electron chi connectivity index (χ3n) is 2.91. The summed E-state index contributed by atoms with van der Waals surface area (Å²) in [5.41, 5.74) is 7.11. The lowest BCUT2D eigenvalue weighted by Gasteiger charge is -2.06. The van der Waals surface area contributed by atoms with Gasteiger partial charge in [-0.15, -0.1) is 10.2 Å². The summed E-state index contributed by atoms with van der Waals surface area (Å²) in [4.78, 5) is 22.3. The van der Waals surface area contributed by atoms with Gasteiger partial charge in [0.1, 0.15) is 0 Å². The maximum absolute atomic E-state index is 11.6. The Morgan fingerprint density at radius 3 is 2.61 bits per heavy atom. The summed E-state index contributed by atoms with van der Waals surface area (Å²) >= 11 is 2.55. The molecule has 3 amide bonds. The van der Waals surface area contributed by atoms with Crippen molar-refractivity contribution >= 4 is 45.9 Å². The molecule has 0 saturated carbocycles. The van der Waals surface area contributed by atoms with Crippen molar-refractivity contribution in [3.63, 3.8) is 0 Å². The quantitative estimate of drug-likeness (QED) is 0.690. The van der Waals surface area contributed by atoms with Gasteiger partial charge in [0.05, 0.1) is 5.25 Å². The smallest absolute Gasteiger partial charge is 0.318 e. The number of carbonyl (C=O) groups is 2. The minimum absolute atomic E-state index is 0.456. The van der Waals surface area contributed by atoms with Crippen molar-refractivity contribution in [1.82, 2.24) is 15.5 Å². The number of carbonyl (C=O) groups excluding carboxylic acids is 2. The molecule has 1 aromatic carbocycles. The minimum atomic E-state index is -0.863. The number of anilines is 2. The molecule has 1 atom stereocenters. The molecule has 0 saturated heterocycles. The fraction of sp³-hybridized carbons (Fsp3) is 0.286. The number of aryl methyl sites for hydroxylation is 1. The number of aromatic nitrogens is 2. The Balaban J connectivity index is 1.94. The van der Waals surface area contributed by atoms with Crippen molar-refractivity contribution in [2.75, 3.05) is 5.32 Å². The Kier molecular flexibility index (Phi) is 5.94. The van der Waals surface area contributed by atoms with Crippen LogP contribution in [0.2, 0.25) is 0 Å². The molecule has 1 heterocycles. The van der Waals surface area contributed by atoms with Crippen LogP contribution in [0.5, 0.6) is 0 Å². The highest BCUT2D eigenvalue weighted by Gasteiger charge is 2.18. The summed E-state index contributed by atoms with van der Waals surface area (Å²) in [7, 11) is 0. The van der Waals surface area contributed by atoms with E-state index in [2.05, 4.69) is 34.6 Å². The zero-order chi connectivity index (χ0) is 16.8. The molecule has 2 aromatic rings. The van der Waals surface area contributed by atoms with Crippen molar-refractivity contribution in [1.29, 1.82) is 0 Å². The fourth-order valence-corrected chi connectivity index (χ4v) is 3.60. The van der Waals surface area contributed by atoms with Crippen LogP contribution >= 0.6 is 23.1 Å². The van der Waals surface area contributed by atoms with Crippen molar-refractivity contribution in [2.24, 2.45) is 5.73 Å². The highest BCUT2D eigenvalue weighted by atomic mass is 32.2. The second-order valence-corrected chi connectivity index (χ2v) is 7.23. The zero-order valence-corrected chi connectivity index (χ0v) is 14.3. The number of amides is 3. The number of thioether (sulfide) groups is 1. The van der Waals surface area contributed by atoms with Crippen LogP contribution in [0.4, 0.5) is 15.6 Å². The lowest BCUT2D eigenvalue weighted by molar-refractivity contribution is -0.119. The van der Waals surface area contributed by atoms with Crippen molar-refractivity contribution in [3.8, 4) is 0 Å². The van der Waals surface area contributed by atoms with Gasteiger partial charge in [0.2, 0.25) is 11.0 Å². The number of nitrogens with two attached hydrogens (primary N) is 1. The molecule has 0 aliphatic rings. The monoisotopic (exact) mass is 351 g/mol. The number of hydrogen-bond donors (Lipinski definition) is 3. The topological polar surface area (TPSA) is 110 Å². The normalized spacial score (nSPS) is 11.7. The predicted octanol–water partition coefficient (Wildman–Crippen LogP) is 2.52. The van der Waals surface area contributed by atoms with Gasteiger partial charge in [0.25, 0.3) is 0 Å². The molecule has 23 heavy (non-hydrogen) atoms. The molecule has 4 N–H and O–H groups in total. The van der Waals surface area contributed by atoms with Crippen LogP contribution < -0.4 is 16.4 Å². The van der Waals surface area contributed by atoms with Crippen LogP contribution in [-0.4, -0.2) is 27.4 Å². The Morgan fingerprint density at radius 1 is 1.30 bits per heavy atom. The third-order valence-corrected chi connectivity index (χ3v) is 4.94. The van der Waals surface area contributed by atoms with Gasteiger partial charge in [0.15, 0.2) is 4.34 Å². The maximum atomic E-state index is 11.6. The first kappa shape index (κ1) is 17.2. The van der Waals surface area contributed by atoms with Crippen LogP contribution in [0, 0.1) is 0 Å². The first-order valence-corrected chi connectivity index (χ1v) is 8.64. The summed E-state index contributed by atoms with van der Waals surface area (Å²) in [5.74, 6) is -0.456. The number of urea groups is 1. The van der Waals surface area contributed by atoms with Gasteiger partial charge in [-0.3, -0.25) is 10.1 Å². The molecule has 1 aromatic heterocycles. The Morgan fingerprint density at radius 2 is 2.00 bits per heavy atom. The summed E-state index contributed by atoms with van der Waals surface area (Å²) in [6.07, 6.45) is 0.991. The van der Waals surface area contributed by atoms with Gasteiger partial charge in [-0.1, -0.05) is 42.2 Å². The average molecular weight is 351 g/mol. The first-order chi connectivity index (χ1) is 11.0. The molecule has 0 aliphatic heterocycles. The number of nitrogens with zero attached hydrogens (tertiary/aromatic N) is 2. The number of benzene rings is 1. The van der Waals surface area contributed by atoms with Gasteiger partial charge in [-0.05, 0) is 31.0 Å². The number of imide groups is 1. The van der Waals surface area contributed by atoms with E-state index in [0.29, 0.717) is 9.47 Å². The Bertz CT molecular complexity index is 687. The molecule has 7 nitrogen and oxygen atoms in total. The molecular formula is C14H17N5O2S2. The number of nitrogens with one attached hydrogen (secondary N) is 2. The van der Waals surface area contributed by atoms with Crippen molar-refractivity contribution in [2.45, 2.75) is 29.9 Å². The van der Waals surface area contributed by atoms with Gasteiger partial charge < -0.3 is 11.1 Å². The minimum Gasteiger partial charge on any atom is -0.351 e. The standard InChI is InChI=1S/C14H17N5O2S2/c1-3-9-4-6-10(7-5-9)16-13-18-19-14(23-13)22-8(2)11(20)17-12(15)21/h4-8H,3H2,1-2H3,(H,16,18)(H3,15,17,20,21)/t8-/m1/s1. The molecule has 9 heteroatoms. The molecule has 122 valence electrons. The average Bonchev–Trinajstić information content (AvgIpc) is 2.94. The van der Waals surface area contributed by atoms with Gasteiger partial charge in [-0.2, -0.15) is 0 Å². The highest BCUT2D eigenvalue weighted by molar-refractivity contribution is 8.02. The number of rotatable bonds is 6. The van der Waals surface area contributed by atoms with Crippen LogP contribution in [0.25, 0.3) is 0 Å². The Hall–Kier alpha value is -2.13. The lowest BCUT2D eigenvalue weighted by atomic mass is 10.1. The van der Waals surface area contributed by atoms with E-state index in [1.807, 2.05) is 17.4 Å². The zero-order valence-electron chi connectivity index (χ0n) is 12.7.